The van der Waals surface area contributed by atoms with Crippen LogP contribution in [0, 0.1) is 0 Å². The second-order valence-corrected chi connectivity index (χ2v) is 4.64. The summed E-state index contributed by atoms with van der Waals surface area (Å²) in [5, 5.41) is 12.0. The van der Waals surface area contributed by atoms with Crippen LogP contribution in [0.3, 0.4) is 0 Å². The number of anilines is 2. The van der Waals surface area contributed by atoms with Crippen LogP contribution in [0.4, 0.5) is 24.5 Å². The van der Waals surface area contributed by atoms with E-state index in [9.17, 15) is 18.0 Å². The third kappa shape index (κ3) is 3.66. The van der Waals surface area contributed by atoms with E-state index in [4.69, 9.17) is 16.7 Å². The van der Waals surface area contributed by atoms with Crippen LogP contribution < -0.4 is 5.32 Å². The molecule has 0 aliphatic rings. The number of alkyl halides is 3. The zero-order valence-electron chi connectivity index (χ0n) is 10.4. The molecule has 2 rings (SSSR count). The lowest BCUT2D eigenvalue weighted by atomic mass is 10.1. The molecule has 0 saturated heterocycles. The zero-order valence-corrected chi connectivity index (χ0v) is 11.2. The first-order valence-corrected chi connectivity index (χ1v) is 6.12. The molecule has 0 saturated carbocycles. The van der Waals surface area contributed by atoms with Gasteiger partial charge < -0.3 is 10.4 Å². The summed E-state index contributed by atoms with van der Waals surface area (Å²) in [6.07, 6.45) is -4.47. The Morgan fingerprint density at radius 1 is 1.14 bits per heavy atom. The van der Waals surface area contributed by atoms with Gasteiger partial charge in [-0.1, -0.05) is 17.7 Å². The maximum Gasteiger partial charge on any atom is 0.416 e. The molecular formula is C14H9ClF3NO2. The van der Waals surface area contributed by atoms with Gasteiger partial charge in [0.2, 0.25) is 0 Å². The Hall–Kier alpha value is -2.21. The molecule has 0 aliphatic heterocycles. The van der Waals surface area contributed by atoms with Crippen LogP contribution in [-0.2, 0) is 6.18 Å². The van der Waals surface area contributed by atoms with Gasteiger partial charge in [-0.2, -0.15) is 13.2 Å². The van der Waals surface area contributed by atoms with E-state index in [-0.39, 0.29) is 22.0 Å². The topological polar surface area (TPSA) is 49.3 Å². The molecule has 110 valence electrons. The van der Waals surface area contributed by atoms with Gasteiger partial charge in [-0.05, 0) is 36.4 Å². The van der Waals surface area contributed by atoms with Crippen molar-refractivity contribution in [1.82, 2.24) is 0 Å². The molecule has 2 aromatic rings. The van der Waals surface area contributed by atoms with E-state index in [0.29, 0.717) is 0 Å². The lowest BCUT2D eigenvalue weighted by molar-refractivity contribution is -0.137. The molecule has 2 N–H and O–H groups in total. The highest BCUT2D eigenvalue weighted by Gasteiger charge is 2.30. The third-order valence-electron chi connectivity index (χ3n) is 2.68. The second kappa shape index (κ2) is 5.65. The molecule has 0 fully saturated rings. The van der Waals surface area contributed by atoms with Crippen LogP contribution in [0.2, 0.25) is 5.02 Å². The molecule has 0 atom stereocenters. The third-order valence-corrected chi connectivity index (χ3v) is 2.92. The predicted octanol–water partition coefficient (Wildman–Crippen LogP) is 4.80. The van der Waals surface area contributed by atoms with Crippen molar-refractivity contribution in [3.05, 3.63) is 58.6 Å². The smallest absolute Gasteiger partial charge is 0.416 e. The van der Waals surface area contributed by atoms with Crippen molar-refractivity contribution in [2.75, 3.05) is 5.32 Å². The average Bonchev–Trinajstić information content (AvgIpc) is 2.37. The molecule has 2 aromatic carbocycles. The molecule has 0 amide bonds. The van der Waals surface area contributed by atoms with Crippen LogP contribution in [0.1, 0.15) is 15.9 Å². The van der Waals surface area contributed by atoms with Gasteiger partial charge in [-0.25, -0.2) is 4.79 Å². The summed E-state index contributed by atoms with van der Waals surface area (Å²) in [5.74, 6) is -1.21. The van der Waals surface area contributed by atoms with E-state index in [1.165, 1.54) is 30.3 Å². The van der Waals surface area contributed by atoms with E-state index < -0.39 is 17.7 Å². The van der Waals surface area contributed by atoms with Gasteiger partial charge >= 0.3 is 12.1 Å². The van der Waals surface area contributed by atoms with Gasteiger partial charge in [0, 0.05) is 10.7 Å². The van der Waals surface area contributed by atoms with E-state index in [0.717, 1.165) is 12.1 Å². The highest BCUT2D eigenvalue weighted by atomic mass is 35.5. The van der Waals surface area contributed by atoms with Gasteiger partial charge in [0.05, 0.1) is 16.8 Å². The van der Waals surface area contributed by atoms with Gasteiger partial charge in [0.15, 0.2) is 0 Å². The molecule has 21 heavy (non-hydrogen) atoms. The summed E-state index contributed by atoms with van der Waals surface area (Å²) < 4.78 is 37.9. The fraction of sp³-hybridized carbons (Fsp3) is 0.0714. The van der Waals surface area contributed by atoms with Crippen molar-refractivity contribution in [3.63, 3.8) is 0 Å². The summed E-state index contributed by atoms with van der Waals surface area (Å²) in [6, 6.07) is 8.47. The Kier molecular flexibility index (Phi) is 4.09. The Morgan fingerprint density at radius 2 is 1.86 bits per heavy atom. The monoisotopic (exact) mass is 315 g/mol. The molecule has 0 heterocycles. The minimum absolute atomic E-state index is 0.0863. The maximum atomic E-state index is 12.6. The number of hydrogen-bond acceptors (Lipinski definition) is 2. The molecular weight excluding hydrogens is 307 g/mol. The summed E-state index contributed by atoms with van der Waals surface area (Å²) in [6.45, 7) is 0. The van der Waals surface area contributed by atoms with Gasteiger partial charge in [0.1, 0.15) is 0 Å². The first kappa shape index (κ1) is 15.2. The molecule has 0 spiro atoms. The van der Waals surface area contributed by atoms with Crippen LogP contribution in [0.5, 0.6) is 0 Å². The molecule has 0 bridgehead atoms. The highest BCUT2D eigenvalue weighted by molar-refractivity contribution is 6.31. The number of nitrogens with one attached hydrogen (secondary N) is 1. The molecule has 0 aliphatic carbocycles. The number of carboxylic acid groups (broad SMARTS) is 1. The highest BCUT2D eigenvalue weighted by Crippen LogP contribution is 2.32. The Balaban J connectivity index is 2.39. The van der Waals surface area contributed by atoms with Gasteiger partial charge in [-0.15, -0.1) is 0 Å². The van der Waals surface area contributed by atoms with Crippen molar-refractivity contribution < 1.29 is 23.1 Å². The van der Waals surface area contributed by atoms with E-state index in [1.54, 1.807) is 0 Å². The van der Waals surface area contributed by atoms with Gasteiger partial charge in [0.25, 0.3) is 0 Å². The van der Waals surface area contributed by atoms with Crippen LogP contribution in [-0.4, -0.2) is 11.1 Å². The minimum Gasteiger partial charge on any atom is -0.478 e. The zero-order chi connectivity index (χ0) is 15.6. The average molecular weight is 316 g/mol. The second-order valence-electron chi connectivity index (χ2n) is 4.20. The van der Waals surface area contributed by atoms with Crippen LogP contribution >= 0.6 is 11.6 Å². The molecule has 7 heteroatoms. The first-order valence-electron chi connectivity index (χ1n) is 5.74. The number of benzene rings is 2. The van der Waals surface area contributed by atoms with Crippen molar-refractivity contribution in [1.29, 1.82) is 0 Å². The Bertz CT molecular complexity index is 686. The van der Waals surface area contributed by atoms with Crippen LogP contribution in [0.15, 0.2) is 42.5 Å². The number of rotatable bonds is 3. The maximum absolute atomic E-state index is 12.6. The number of carbonyl (C=O) groups is 1. The lowest BCUT2D eigenvalue weighted by Gasteiger charge is -2.12. The number of carboxylic acids is 1. The standard InChI is InChI=1S/C14H9ClF3NO2/c15-9-4-5-11(13(20)21)12(7-9)19-10-3-1-2-8(6-10)14(16,17)18/h1-7,19H,(H,20,21). The van der Waals surface area contributed by atoms with E-state index >= 15 is 0 Å². The number of halogens is 4. The van der Waals surface area contributed by atoms with E-state index in [2.05, 4.69) is 5.32 Å². The van der Waals surface area contributed by atoms with Crippen molar-refractivity contribution in [2.24, 2.45) is 0 Å². The van der Waals surface area contributed by atoms with Crippen molar-refractivity contribution >= 4 is 28.9 Å². The molecule has 0 radical (unpaired) electrons. The van der Waals surface area contributed by atoms with Crippen molar-refractivity contribution in [3.8, 4) is 0 Å². The fourth-order valence-electron chi connectivity index (χ4n) is 1.74. The summed E-state index contributed by atoms with van der Waals surface area (Å²) in [7, 11) is 0. The molecule has 0 unspecified atom stereocenters. The molecule has 3 nitrogen and oxygen atoms in total. The lowest BCUT2D eigenvalue weighted by Crippen LogP contribution is -2.06. The fourth-order valence-corrected chi connectivity index (χ4v) is 1.91. The first-order chi connectivity index (χ1) is 9.77. The largest absolute Gasteiger partial charge is 0.478 e. The summed E-state index contributed by atoms with van der Waals surface area (Å²) in [5.41, 5.74) is -0.674. The Labute approximate surface area is 123 Å². The SMILES string of the molecule is O=C(O)c1ccc(Cl)cc1Nc1cccc(C(F)(F)F)c1. The number of hydrogen-bond donors (Lipinski definition) is 2. The molecule has 0 aromatic heterocycles. The Morgan fingerprint density at radius 3 is 2.48 bits per heavy atom. The predicted molar refractivity (Wildman–Crippen MR) is 73.1 cm³/mol. The summed E-state index contributed by atoms with van der Waals surface area (Å²) >= 11 is 5.78. The summed E-state index contributed by atoms with van der Waals surface area (Å²) in [4.78, 5) is 11.1. The minimum atomic E-state index is -4.47. The van der Waals surface area contributed by atoms with Crippen LogP contribution in [0.25, 0.3) is 0 Å². The quantitative estimate of drug-likeness (QED) is 0.855. The van der Waals surface area contributed by atoms with E-state index in [1.807, 2.05) is 0 Å². The number of aromatic carboxylic acids is 1. The normalized spacial score (nSPS) is 11.2. The van der Waals surface area contributed by atoms with Crippen molar-refractivity contribution in [2.45, 2.75) is 6.18 Å². The van der Waals surface area contributed by atoms with Gasteiger partial charge in [-0.3, -0.25) is 0 Å².